The Bertz CT molecular complexity index is 1240. The molecule has 0 aromatic carbocycles. The third-order valence-electron chi connectivity index (χ3n) is 11.8. The van der Waals surface area contributed by atoms with E-state index in [0.29, 0.717) is 12.1 Å². The SMILES string of the molecule is CCNC(=O)[C@]12CCC(C)(C)CC1C1C(=O)C=C3[C@@]4(C)C=C(C#N)C(=O)C(C)=C4CC[C@@]3(C)[C@]1(C)CC2. The third kappa shape index (κ3) is 3.23. The van der Waals surface area contributed by atoms with Gasteiger partial charge in [-0.1, -0.05) is 27.7 Å². The lowest BCUT2D eigenvalue weighted by molar-refractivity contribution is -0.174. The molecule has 0 aliphatic heterocycles. The van der Waals surface area contributed by atoms with Gasteiger partial charge in [-0.2, -0.15) is 5.26 Å². The number of fused-ring (bicyclic) bond motifs is 7. The fourth-order valence-corrected chi connectivity index (χ4v) is 9.49. The highest BCUT2D eigenvalue weighted by molar-refractivity contribution is 6.12. The van der Waals surface area contributed by atoms with E-state index >= 15 is 0 Å². The van der Waals surface area contributed by atoms with Crippen molar-refractivity contribution in [1.82, 2.24) is 5.32 Å². The lowest BCUT2D eigenvalue weighted by Gasteiger charge is -2.67. The average Bonchev–Trinajstić information content (AvgIpc) is 2.82. The second-order valence-corrected chi connectivity index (χ2v) is 14.0. The molecule has 5 nitrogen and oxygen atoms in total. The van der Waals surface area contributed by atoms with Crippen molar-refractivity contribution in [2.45, 2.75) is 93.4 Å². The summed E-state index contributed by atoms with van der Waals surface area (Å²) in [5.41, 5.74) is 1.39. The number of hydrogen-bond acceptors (Lipinski definition) is 4. The summed E-state index contributed by atoms with van der Waals surface area (Å²) in [6.07, 6.45) is 9.72. The largest absolute Gasteiger partial charge is 0.356 e. The van der Waals surface area contributed by atoms with Gasteiger partial charge in [-0.3, -0.25) is 14.4 Å². The first-order chi connectivity index (χ1) is 17.2. The number of carbonyl (C=O) groups is 3. The van der Waals surface area contributed by atoms with Crippen LogP contribution < -0.4 is 5.32 Å². The van der Waals surface area contributed by atoms with Crippen LogP contribution in [-0.2, 0) is 14.4 Å². The minimum absolute atomic E-state index is 0.00769. The summed E-state index contributed by atoms with van der Waals surface area (Å²) < 4.78 is 0. The molecule has 0 heterocycles. The molecule has 0 aromatic rings. The smallest absolute Gasteiger partial charge is 0.226 e. The summed E-state index contributed by atoms with van der Waals surface area (Å²) in [7, 11) is 0. The number of nitrogens with one attached hydrogen (secondary N) is 1. The molecule has 5 heteroatoms. The molecule has 2 unspecified atom stereocenters. The van der Waals surface area contributed by atoms with E-state index in [1.165, 1.54) is 0 Å². The molecule has 0 aromatic heterocycles. The topological polar surface area (TPSA) is 87.0 Å². The number of rotatable bonds is 2. The molecule has 0 bridgehead atoms. The standard InChI is InChI=1S/C32H42N2O3/c1-8-34-27(37)32-13-11-28(3,4)17-22(32)25-23(35)15-24-29(5)16-20(18-33)26(36)19(2)21(29)9-10-30(24,6)31(25,7)12-14-32/h15-16,22,25H,8-14,17H2,1-7H3,(H,34,37)/t22?,25?,29-,30+,31+,32-/m0/s1. The van der Waals surface area contributed by atoms with Gasteiger partial charge in [0.25, 0.3) is 0 Å². The molecular formula is C32H42N2O3. The normalized spacial score (nSPS) is 42.3. The molecular weight excluding hydrogens is 460 g/mol. The van der Waals surface area contributed by atoms with E-state index in [4.69, 9.17) is 0 Å². The van der Waals surface area contributed by atoms with Crippen LogP contribution in [0.4, 0.5) is 0 Å². The zero-order valence-corrected chi connectivity index (χ0v) is 23.6. The molecule has 0 spiro atoms. The van der Waals surface area contributed by atoms with Crippen molar-refractivity contribution in [3.63, 3.8) is 0 Å². The second kappa shape index (κ2) is 8.01. The lowest BCUT2D eigenvalue weighted by Crippen LogP contribution is -2.65. The van der Waals surface area contributed by atoms with Gasteiger partial charge < -0.3 is 5.32 Å². The molecule has 5 aliphatic rings. The zero-order valence-electron chi connectivity index (χ0n) is 23.6. The van der Waals surface area contributed by atoms with Crippen LogP contribution in [0.2, 0.25) is 0 Å². The average molecular weight is 503 g/mol. The maximum atomic E-state index is 14.4. The highest BCUT2D eigenvalue weighted by atomic mass is 16.2. The van der Waals surface area contributed by atoms with Gasteiger partial charge in [-0.05, 0) is 117 Å². The van der Waals surface area contributed by atoms with Gasteiger partial charge in [0.05, 0.1) is 11.0 Å². The third-order valence-corrected chi connectivity index (χ3v) is 11.8. The molecule has 1 N–H and O–H groups in total. The first-order valence-electron chi connectivity index (χ1n) is 14.1. The second-order valence-electron chi connectivity index (χ2n) is 14.0. The molecule has 5 aliphatic carbocycles. The highest BCUT2D eigenvalue weighted by Gasteiger charge is 2.69. The van der Waals surface area contributed by atoms with Crippen LogP contribution >= 0.6 is 0 Å². The summed E-state index contributed by atoms with van der Waals surface area (Å²) >= 11 is 0. The molecule has 0 radical (unpaired) electrons. The predicted molar refractivity (Wildman–Crippen MR) is 143 cm³/mol. The van der Waals surface area contributed by atoms with Crippen LogP contribution in [0, 0.1) is 50.2 Å². The quantitative estimate of drug-likeness (QED) is 0.500. The maximum Gasteiger partial charge on any atom is 0.226 e. The fraction of sp³-hybridized carbons (Fsp3) is 0.688. The summed E-state index contributed by atoms with van der Waals surface area (Å²) in [5.74, 6) is -0.117. The van der Waals surface area contributed by atoms with Crippen molar-refractivity contribution in [2.75, 3.05) is 6.54 Å². The number of allylic oxidation sites excluding steroid dienone is 6. The molecule has 198 valence electrons. The van der Waals surface area contributed by atoms with Crippen molar-refractivity contribution >= 4 is 17.5 Å². The molecule has 3 fully saturated rings. The first-order valence-corrected chi connectivity index (χ1v) is 14.1. The van der Waals surface area contributed by atoms with Crippen LogP contribution in [0.25, 0.3) is 0 Å². The molecule has 0 saturated heterocycles. The predicted octanol–water partition coefficient (Wildman–Crippen LogP) is 6.02. The van der Waals surface area contributed by atoms with Crippen LogP contribution in [0.5, 0.6) is 0 Å². The van der Waals surface area contributed by atoms with Gasteiger partial charge in [0, 0.05) is 17.9 Å². The van der Waals surface area contributed by atoms with Crippen molar-refractivity contribution in [1.29, 1.82) is 5.26 Å². The Morgan fingerprint density at radius 1 is 1.08 bits per heavy atom. The van der Waals surface area contributed by atoms with Crippen LogP contribution in [0.1, 0.15) is 93.4 Å². The van der Waals surface area contributed by atoms with Crippen LogP contribution in [0.3, 0.4) is 0 Å². The van der Waals surface area contributed by atoms with E-state index in [-0.39, 0.29) is 51.1 Å². The van der Waals surface area contributed by atoms with E-state index < -0.39 is 10.8 Å². The van der Waals surface area contributed by atoms with Crippen molar-refractivity contribution in [3.05, 3.63) is 34.4 Å². The number of nitrogens with zero attached hydrogens (tertiary/aromatic N) is 1. The van der Waals surface area contributed by atoms with E-state index in [1.807, 2.05) is 26.0 Å². The van der Waals surface area contributed by atoms with E-state index in [0.717, 1.165) is 56.1 Å². The van der Waals surface area contributed by atoms with Crippen molar-refractivity contribution < 1.29 is 14.4 Å². The Labute approximate surface area is 221 Å². The number of nitriles is 1. The Kier molecular flexibility index (Phi) is 5.66. The van der Waals surface area contributed by atoms with E-state index in [2.05, 4.69) is 46.0 Å². The Morgan fingerprint density at radius 3 is 2.41 bits per heavy atom. The number of carbonyl (C=O) groups excluding carboxylic acids is 3. The fourth-order valence-electron chi connectivity index (χ4n) is 9.49. The summed E-state index contributed by atoms with van der Waals surface area (Å²) in [6, 6.07) is 2.12. The number of ketones is 2. The number of Topliss-reactive ketones (excluding diaryl/α,β-unsaturated/α-hetero) is 1. The lowest BCUT2D eigenvalue weighted by atomic mass is 9.35. The molecule has 6 atom stereocenters. The Balaban J connectivity index is 1.69. The van der Waals surface area contributed by atoms with Gasteiger partial charge in [0.15, 0.2) is 11.6 Å². The van der Waals surface area contributed by atoms with Crippen molar-refractivity contribution in [2.24, 2.45) is 38.9 Å². The molecule has 1 amide bonds. The van der Waals surface area contributed by atoms with E-state index in [9.17, 15) is 19.6 Å². The van der Waals surface area contributed by atoms with Gasteiger partial charge in [0.1, 0.15) is 6.07 Å². The Morgan fingerprint density at radius 2 is 1.76 bits per heavy atom. The number of amides is 1. The number of hydrogen-bond donors (Lipinski definition) is 1. The summed E-state index contributed by atoms with van der Waals surface area (Å²) in [4.78, 5) is 40.9. The van der Waals surface area contributed by atoms with Gasteiger partial charge >= 0.3 is 0 Å². The monoisotopic (exact) mass is 502 g/mol. The van der Waals surface area contributed by atoms with Crippen molar-refractivity contribution in [3.8, 4) is 6.07 Å². The van der Waals surface area contributed by atoms with Crippen LogP contribution in [0.15, 0.2) is 34.4 Å². The van der Waals surface area contributed by atoms with Gasteiger partial charge in [-0.15, -0.1) is 0 Å². The van der Waals surface area contributed by atoms with E-state index in [1.54, 1.807) is 0 Å². The van der Waals surface area contributed by atoms with Gasteiger partial charge in [-0.25, -0.2) is 0 Å². The first kappa shape index (κ1) is 26.1. The van der Waals surface area contributed by atoms with Crippen LogP contribution in [-0.4, -0.2) is 24.0 Å². The summed E-state index contributed by atoms with van der Waals surface area (Å²) in [5, 5.41) is 12.9. The minimum Gasteiger partial charge on any atom is -0.356 e. The molecule has 5 rings (SSSR count). The summed E-state index contributed by atoms with van der Waals surface area (Å²) in [6.45, 7) is 15.7. The van der Waals surface area contributed by atoms with Gasteiger partial charge in [0.2, 0.25) is 5.91 Å². The molecule has 3 saturated carbocycles. The highest BCUT2D eigenvalue weighted by Crippen LogP contribution is 2.73. The Hall–Kier alpha value is -2.48. The molecule has 37 heavy (non-hydrogen) atoms. The minimum atomic E-state index is -0.611. The zero-order chi connectivity index (χ0) is 27.2. The maximum absolute atomic E-state index is 14.4.